The van der Waals surface area contributed by atoms with Crippen LogP contribution in [0.15, 0.2) is 34.2 Å². The van der Waals surface area contributed by atoms with Crippen LogP contribution >= 0.6 is 11.8 Å². The minimum absolute atomic E-state index is 0.144. The van der Waals surface area contributed by atoms with Crippen LogP contribution in [0.4, 0.5) is 0 Å². The molecule has 1 fully saturated rings. The number of aliphatic imine (C=N–C) groups is 1. The van der Waals surface area contributed by atoms with Crippen molar-refractivity contribution >= 4 is 28.9 Å². The molecule has 1 saturated heterocycles. The molecule has 0 N–H and O–H groups in total. The Labute approximate surface area is 165 Å². The molecule has 0 aliphatic carbocycles. The van der Waals surface area contributed by atoms with E-state index < -0.39 is 0 Å². The van der Waals surface area contributed by atoms with E-state index in [1.165, 1.54) is 24.6 Å². The van der Waals surface area contributed by atoms with Crippen LogP contribution in [0.5, 0.6) is 5.75 Å². The van der Waals surface area contributed by atoms with Gasteiger partial charge in [0.15, 0.2) is 5.17 Å². The van der Waals surface area contributed by atoms with Crippen LogP contribution in [-0.2, 0) is 9.53 Å². The third kappa shape index (κ3) is 5.59. The van der Waals surface area contributed by atoms with E-state index in [-0.39, 0.29) is 18.1 Å². The summed E-state index contributed by atoms with van der Waals surface area (Å²) in [6.45, 7) is 8.55. The molecule has 3 rings (SSSR count). The number of carbonyl (C=O) groups is 1. The van der Waals surface area contributed by atoms with Crippen molar-refractivity contribution < 1.29 is 14.3 Å². The molecule has 0 unspecified atom stereocenters. The summed E-state index contributed by atoms with van der Waals surface area (Å²) in [4.78, 5) is 19.4. The van der Waals surface area contributed by atoms with Crippen LogP contribution in [0.2, 0.25) is 0 Å². The van der Waals surface area contributed by atoms with E-state index in [2.05, 4.69) is 16.8 Å². The standard InChI is InChI=1S/C21H28N2O3S/c1-4-5-6-11-25-18-9-7-17(8-10-18)12-19-20(24)22-21(27-19)23-13-15(2)26-16(3)14-23/h7-10,12,15-16H,4-6,11,13-14H2,1-3H3/b19-12+/t15-,16-/m0/s1. The first-order valence-corrected chi connectivity index (χ1v) is 10.5. The minimum Gasteiger partial charge on any atom is -0.494 e. The van der Waals surface area contributed by atoms with Crippen molar-refractivity contribution in [2.75, 3.05) is 19.7 Å². The highest BCUT2D eigenvalue weighted by atomic mass is 32.2. The molecule has 5 nitrogen and oxygen atoms in total. The smallest absolute Gasteiger partial charge is 0.286 e. The van der Waals surface area contributed by atoms with E-state index in [0.717, 1.165) is 42.6 Å². The van der Waals surface area contributed by atoms with Crippen molar-refractivity contribution in [3.63, 3.8) is 0 Å². The molecule has 0 bridgehead atoms. The Bertz CT molecular complexity index is 705. The van der Waals surface area contributed by atoms with Gasteiger partial charge in [0.2, 0.25) is 0 Å². The summed E-state index contributed by atoms with van der Waals surface area (Å²) in [5.74, 6) is 0.702. The predicted octanol–water partition coefficient (Wildman–Crippen LogP) is 4.34. The molecule has 2 aliphatic heterocycles. The lowest BCUT2D eigenvalue weighted by atomic mass is 10.2. The van der Waals surface area contributed by atoms with Crippen molar-refractivity contribution in [2.24, 2.45) is 4.99 Å². The number of benzene rings is 1. The number of unbranched alkanes of at least 4 members (excludes halogenated alkanes) is 2. The van der Waals surface area contributed by atoms with Gasteiger partial charge in [0.25, 0.3) is 5.91 Å². The second-order valence-corrected chi connectivity index (χ2v) is 8.11. The summed E-state index contributed by atoms with van der Waals surface area (Å²) in [6.07, 6.45) is 5.64. The molecule has 0 saturated carbocycles. The first kappa shape index (κ1) is 20.0. The summed E-state index contributed by atoms with van der Waals surface area (Å²) >= 11 is 1.45. The highest BCUT2D eigenvalue weighted by molar-refractivity contribution is 8.18. The molecule has 2 aliphatic rings. The van der Waals surface area contributed by atoms with Crippen LogP contribution < -0.4 is 4.74 Å². The van der Waals surface area contributed by atoms with Gasteiger partial charge in [0, 0.05) is 13.1 Å². The third-order valence-electron chi connectivity index (χ3n) is 4.49. The zero-order valence-corrected chi connectivity index (χ0v) is 17.1. The number of hydrogen-bond acceptors (Lipinski definition) is 5. The van der Waals surface area contributed by atoms with Gasteiger partial charge in [-0.25, -0.2) is 0 Å². The fraction of sp³-hybridized carbons (Fsp3) is 0.524. The van der Waals surface area contributed by atoms with E-state index in [9.17, 15) is 4.79 Å². The quantitative estimate of drug-likeness (QED) is 0.536. The molecule has 1 aromatic carbocycles. The lowest BCUT2D eigenvalue weighted by Crippen LogP contribution is -2.47. The van der Waals surface area contributed by atoms with Crippen molar-refractivity contribution in [1.29, 1.82) is 0 Å². The first-order chi connectivity index (χ1) is 13.0. The molecule has 146 valence electrons. The predicted molar refractivity (Wildman–Crippen MR) is 111 cm³/mol. The number of amides is 1. The van der Waals surface area contributed by atoms with Gasteiger partial charge in [-0.3, -0.25) is 4.79 Å². The Morgan fingerprint density at radius 3 is 2.59 bits per heavy atom. The van der Waals surface area contributed by atoms with Gasteiger partial charge >= 0.3 is 0 Å². The molecular formula is C21H28N2O3S. The van der Waals surface area contributed by atoms with Gasteiger partial charge in [-0.15, -0.1) is 0 Å². The van der Waals surface area contributed by atoms with Crippen molar-refractivity contribution in [1.82, 2.24) is 4.90 Å². The monoisotopic (exact) mass is 388 g/mol. The van der Waals surface area contributed by atoms with Gasteiger partial charge in [0.1, 0.15) is 5.75 Å². The average molecular weight is 389 g/mol. The number of amidine groups is 1. The normalized spacial score (nSPS) is 24.4. The summed E-state index contributed by atoms with van der Waals surface area (Å²) in [6, 6.07) is 7.87. The first-order valence-electron chi connectivity index (χ1n) is 9.71. The molecule has 0 spiro atoms. The molecule has 0 radical (unpaired) electrons. The van der Waals surface area contributed by atoms with Gasteiger partial charge < -0.3 is 14.4 Å². The average Bonchev–Trinajstić information content (AvgIpc) is 3.00. The van der Waals surface area contributed by atoms with Crippen LogP contribution in [0.3, 0.4) is 0 Å². The third-order valence-corrected chi connectivity index (χ3v) is 5.54. The Kier molecular flexibility index (Phi) is 6.96. The number of carbonyl (C=O) groups excluding carboxylic acids is 1. The van der Waals surface area contributed by atoms with Gasteiger partial charge in [-0.05, 0) is 55.8 Å². The fourth-order valence-corrected chi connectivity index (χ4v) is 4.15. The molecular weight excluding hydrogens is 360 g/mol. The maximum Gasteiger partial charge on any atom is 0.286 e. The molecule has 2 atom stereocenters. The van der Waals surface area contributed by atoms with Crippen molar-refractivity contribution in [3.8, 4) is 5.75 Å². The molecule has 0 aromatic heterocycles. The van der Waals surface area contributed by atoms with Gasteiger partial charge in [-0.1, -0.05) is 31.9 Å². The summed E-state index contributed by atoms with van der Waals surface area (Å²) in [7, 11) is 0. The minimum atomic E-state index is -0.165. The topological polar surface area (TPSA) is 51.1 Å². The van der Waals surface area contributed by atoms with Crippen LogP contribution in [0.25, 0.3) is 6.08 Å². The zero-order valence-electron chi connectivity index (χ0n) is 16.3. The number of hydrogen-bond donors (Lipinski definition) is 0. The number of ether oxygens (including phenoxy) is 2. The maximum absolute atomic E-state index is 12.3. The van der Waals surface area contributed by atoms with Crippen molar-refractivity contribution in [2.45, 2.75) is 52.2 Å². The van der Waals surface area contributed by atoms with E-state index in [4.69, 9.17) is 9.47 Å². The SMILES string of the molecule is CCCCCOc1ccc(/C=C2/SC(N3C[C@H](C)O[C@@H](C)C3)=NC2=O)cc1. The summed E-state index contributed by atoms with van der Waals surface area (Å²) in [5.41, 5.74) is 0.979. The summed E-state index contributed by atoms with van der Waals surface area (Å²) in [5, 5.41) is 0.782. The molecule has 27 heavy (non-hydrogen) atoms. The highest BCUT2D eigenvalue weighted by Gasteiger charge is 2.30. The zero-order chi connectivity index (χ0) is 19.2. The van der Waals surface area contributed by atoms with Crippen LogP contribution in [-0.4, -0.2) is 47.9 Å². The fourth-order valence-electron chi connectivity index (χ4n) is 3.22. The van der Waals surface area contributed by atoms with E-state index in [0.29, 0.717) is 4.91 Å². The lowest BCUT2D eigenvalue weighted by Gasteiger charge is -2.35. The van der Waals surface area contributed by atoms with E-state index in [1.807, 2.05) is 44.2 Å². The summed E-state index contributed by atoms with van der Waals surface area (Å²) < 4.78 is 11.5. The second kappa shape index (κ2) is 9.42. The van der Waals surface area contributed by atoms with Gasteiger partial charge in [-0.2, -0.15) is 4.99 Å². The van der Waals surface area contributed by atoms with E-state index >= 15 is 0 Å². The maximum atomic E-state index is 12.3. The Morgan fingerprint density at radius 2 is 1.93 bits per heavy atom. The molecule has 2 heterocycles. The van der Waals surface area contributed by atoms with Gasteiger partial charge in [0.05, 0.1) is 23.7 Å². The van der Waals surface area contributed by atoms with Crippen LogP contribution in [0, 0.1) is 0 Å². The second-order valence-electron chi connectivity index (χ2n) is 7.10. The number of morpholine rings is 1. The highest BCUT2D eigenvalue weighted by Crippen LogP contribution is 2.31. The van der Waals surface area contributed by atoms with Crippen molar-refractivity contribution in [3.05, 3.63) is 34.7 Å². The number of rotatable bonds is 6. The van der Waals surface area contributed by atoms with E-state index in [1.54, 1.807) is 0 Å². The number of thioether (sulfide) groups is 1. The Balaban J connectivity index is 1.59. The Morgan fingerprint density at radius 1 is 1.22 bits per heavy atom. The molecule has 1 aromatic rings. The molecule has 1 amide bonds. The van der Waals surface area contributed by atoms with Crippen LogP contribution in [0.1, 0.15) is 45.6 Å². The molecule has 6 heteroatoms. The Hall–Kier alpha value is -1.79. The number of nitrogens with zero attached hydrogens (tertiary/aromatic N) is 2. The lowest BCUT2D eigenvalue weighted by molar-refractivity contribution is -0.113. The largest absolute Gasteiger partial charge is 0.494 e.